The van der Waals surface area contributed by atoms with Crippen LogP contribution in [0.3, 0.4) is 0 Å². The van der Waals surface area contributed by atoms with Gasteiger partial charge in [-0.15, -0.1) is 5.10 Å². The zero-order valence-electron chi connectivity index (χ0n) is 17.1. The summed E-state index contributed by atoms with van der Waals surface area (Å²) in [5.74, 6) is -0.00245. The first kappa shape index (κ1) is 19.8. The van der Waals surface area contributed by atoms with Gasteiger partial charge in [-0.3, -0.25) is 9.59 Å². The first-order valence-corrected chi connectivity index (χ1v) is 9.96. The largest absolute Gasteiger partial charge is 0.343 e. The number of hydrogen-bond acceptors (Lipinski definition) is 5. The minimum atomic E-state index is -0.671. The molecule has 0 bridgehead atoms. The van der Waals surface area contributed by atoms with Crippen LogP contribution in [0.2, 0.25) is 0 Å². The van der Waals surface area contributed by atoms with Crippen molar-refractivity contribution in [2.24, 2.45) is 0 Å². The number of nitrogens with one attached hydrogen (secondary N) is 1. The molecular weight excluding hydrogens is 380 g/mol. The Morgan fingerprint density at radius 1 is 1.07 bits per heavy atom. The normalized spacial score (nSPS) is 15.6. The summed E-state index contributed by atoms with van der Waals surface area (Å²) in [6.07, 6.45) is 2.71. The predicted molar refractivity (Wildman–Crippen MR) is 112 cm³/mol. The minimum absolute atomic E-state index is 0.0471. The van der Waals surface area contributed by atoms with E-state index in [1.807, 2.05) is 55.5 Å². The molecule has 1 saturated heterocycles. The standard InChI is InChI=1S/C22H24N6O2/c1-16-14-19(8-9-20(16)28-15-23-25-26-28)24-21(30)22(18-6-4-3-5-7-18)10-12-27(13-11-22)17(2)29/h3-9,14-15H,10-13H2,1-2H3,(H,24,30). The van der Waals surface area contributed by atoms with Crippen LogP contribution in [0.4, 0.5) is 5.69 Å². The number of nitrogens with zero attached hydrogens (tertiary/aromatic N) is 5. The number of hydrogen-bond donors (Lipinski definition) is 1. The van der Waals surface area contributed by atoms with E-state index < -0.39 is 5.41 Å². The van der Waals surface area contributed by atoms with Crippen molar-refractivity contribution in [3.63, 3.8) is 0 Å². The number of piperidine rings is 1. The number of amides is 2. The number of rotatable bonds is 4. The first-order valence-electron chi connectivity index (χ1n) is 9.96. The van der Waals surface area contributed by atoms with Gasteiger partial charge in [-0.25, -0.2) is 4.68 Å². The van der Waals surface area contributed by atoms with Crippen LogP contribution in [0.15, 0.2) is 54.9 Å². The molecule has 0 atom stereocenters. The van der Waals surface area contributed by atoms with Gasteiger partial charge >= 0.3 is 0 Å². The maximum atomic E-state index is 13.5. The smallest absolute Gasteiger partial charge is 0.235 e. The molecule has 154 valence electrons. The van der Waals surface area contributed by atoms with Crippen molar-refractivity contribution in [2.45, 2.75) is 32.1 Å². The molecule has 0 radical (unpaired) electrons. The average Bonchev–Trinajstić information content (AvgIpc) is 3.29. The molecule has 1 aromatic heterocycles. The quantitative estimate of drug-likeness (QED) is 0.721. The van der Waals surface area contributed by atoms with Crippen LogP contribution in [-0.2, 0) is 15.0 Å². The first-order chi connectivity index (χ1) is 14.5. The summed E-state index contributed by atoms with van der Waals surface area (Å²) in [7, 11) is 0. The third-order valence-electron chi connectivity index (χ3n) is 5.87. The Morgan fingerprint density at radius 2 is 1.80 bits per heavy atom. The lowest BCUT2D eigenvalue weighted by atomic mass is 9.72. The zero-order valence-corrected chi connectivity index (χ0v) is 17.1. The van der Waals surface area contributed by atoms with Crippen LogP contribution >= 0.6 is 0 Å². The SMILES string of the molecule is CC(=O)N1CCC(C(=O)Nc2ccc(-n3cnnn3)c(C)c2)(c2ccccc2)CC1. The fraction of sp³-hybridized carbons (Fsp3) is 0.318. The van der Waals surface area contributed by atoms with E-state index in [1.165, 1.54) is 6.33 Å². The Hall–Kier alpha value is -3.55. The number of anilines is 1. The minimum Gasteiger partial charge on any atom is -0.343 e. The molecule has 1 aliphatic rings. The lowest BCUT2D eigenvalue weighted by Gasteiger charge is -2.40. The molecule has 2 amide bonds. The molecule has 4 rings (SSSR count). The van der Waals surface area contributed by atoms with Crippen molar-refractivity contribution in [1.82, 2.24) is 25.1 Å². The van der Waals surface area contributed by atoms with Crippen LogP contribution in [0.1, 0.15) is 30.9 Å². The van der Waals surface area contributed by atoms with E-state index in [0.717, 1.165) is 22.5 Å². The van der Waals surface area contributed by atoms with Gasteiger partial charge in [0.15, 0.2) is 0 Å². The fourth-order valence-electron chi connectivity index (χ4n) is 4.12. The van der Waals surface area contributed by atoms with Gasteiger partial charge in [0.2, 0.25) is 11.8 Å². The molecule has 8 heteroatoms. The lowest BCUT2D eigenvalue weighted by molar-refractivity contribution is -0.133. The topological polar surface area (TPSA) is 93.0 Å². The van der Waals surface area contributed by atoms with Crippen molar-refractivity contribution in [3.8, 4) is 5.69 Å². The average molecular weight is 404 g/mol. The number of tetrazole rings is 1. The van der Waals surface area contributed by atoms with Crippen LogP contribution in [-0.4, -0.2) is 50.0 Å². The maximum absolute atomic E-state index is 13.5. The van der Waals surface area contributed by atoms with Crippen LogP contribution in [0.25, 0.3) is 5.69 Å². The molecule has 3 aromatic rings. The summed E-state index contributed by atoms with van der Waals surface area (Å²) < 4.78 is 1.59. The van der Waals surface area contributed by atoms with Gasteiger partial charge < -0.3 is 10.2 Å². The van der Waals surface area contributed by atoms with Gasteiger partial charge in [-0.05, 0) is 59.5 Å². The van der Waals surface area contributed by atoms with E-state index >= 15 is 0 Å². The van der Waals surface area contributed by atoms with Gasteiger partial charge in [0.25, 0.3) is 0 Å². The van der Waals surface area contributed by atoms with Gasteiger partial charge in [-0.2, -0.15) is 0 Å². The van der Waals surface area contributed by atoms with E-state index in [9.17, 15) is 9.59 Å². The van der Waals surface area contributed by atoms with E-state index in [0.29, 0.717) is 25.9 Å². The third kappa shape index (κ3) is 3.68. The highest BCUT2D eigenvalue weighted by molar-refractivity contribution is 5.99. The fourth-order valence-corrected chi connectivity index (χ4v) is 4.12. The van der Waals surface area contributed by atoms with E-state index in [-0.39, 0.29) is 11.8 Å². The molecule has 0 saturated carbocycles. The Balaban J connectivity index is 1.60. The van der Waals surface area contributed by atoms with Crippen molar-refractivity contribution in [1.29, 1.82) is 0 Å². The molecule has 1 fully saturated rings. The van der Waals surface area contributed by atoms with E-state index in [1.54, 1.807) is 16.5 Å². The summed E-state index contributed by atoms with van der Waals surface area (Å²) in [6, 6.07) is 15.5. The number of likely N-dealkylation sites (tertiary alicyclic amines) is 1. The molecule has 0 spiro atoms. The van der Waals surface area contributed by atoms with Gasteiger partial charge in [0, 0.05) is 25.7 Å². The second-order valence-corrected chi connectivity index (χ2v) is 7.66. The number of benzene rings is 2. The van der Waals surface area contributed by atoms with E-state index in [4.69, 9.17) is 0 Å². The van der Waals surface area contributed by atoms with Crippen LogP contribution in [0, 0.1) is 6.92 Å². The lowest BCUT2D eigenvalue weighted by Crippen LogP contribution is -2.50. The number of carbonyl (C=O) groups excluding carboxylic acids is 2. The molecule has 1 N–H and O–H groups in total. The molecule has 30 heavy (non-hydrogen) atoms. The molecule has 0 aliphatic carbocycles. The third-order valence-corrected chi connectivity index (χ3v) is 5.87. The zero-order chi connectivity index (χ0) is 21.1. The van der Waals surface area contributed by atoms with E-state index in [2.05, 4.69) is 20.8 Å². The second kappa shape index (κ2) is 8.06. The number of aryl methyl sites for hydroxylation is 1. The van der Waals surface area contributed by atoms with Crippen LogP contribution < -0.4 is 5.32 Å². The monoisotopic (exact) mass is 404 g/mol. The molecule has 0 unspecified atom stereocenters. The highest BCUT2D eigenvalue weighted by Gasteiger charge is 2.43. The highest BCUT2D eigenvalue weighted by atomic mass is 16.2. The van der Waals surface area contributed by atoms with Gasteiger partial charge in [-0.1, -0.05) is 30.3 Å². The van der Waals surface area contributed by atoms with Gasteiger partial charge in [0.05, 0.1) is 11.1 Å². The summed E-state index contributed by atoms with van der Waals surface area (Å²) in [6.45, 7) is 4.65. The van der Waals surface area contributed by atoms with Crippen molar-refractivity contribution in [3.05, 3.63) is 66.0 Å². The Kier molecular flexibility index (Phi) is 5.31. The summed E-state index contributed by atoms with van der Waals surface area (Å²) in [5, 5.41) is 14.4. The van der Waals surface area contributed by atoms with Crippen molar-refractivity contribution in [2.75, 3.05) is 18.4 Å². The van der Waals surface area contributed by atoms with Crippen LogP contribution in [0.5, 0.6) is 0 Å². The molecule has 2 heterocycles. The molecular formula is C22H24N6O2. The maximum Gasteiger partial charge on any atom is 0.235 e. The summed E-state index contributed by atoms with van der Waals surface area (Å²) >= 11 is 0. The number of carbonyl (C=O) groups is 2. The van der Waals surface area contributed by atoms with Crippen molar-refractivity contribution >= 4 is 17.5 Å². The number of aromatic nitrogens is 4. The second-order valence-electron chi connectivity index (χ2n) is 7.66. The van der Waals surface area contributed by atoms with Crippen molar-refractivity contribution < 1.29 is 9.59 Å². The summed E-state index contributed by atoms with van der Waals surface area (Å²) in [4.78, 5) is 27.1. The predicted octanol–water partition coefficient (Wildman–Crippen LogP) is 2.49. The molecule has 8 nitrogen and oxygen atoms in total. The molecule has 1 aliphatic heterocycles. The Morgan fingerprint density at radius 3 is 2.40 bits per heavy atom. The van der Waals surface area contributed by atoms with Gasteiger partial charge in [0.1, 0.15) is 6.33 Å². The Bertz CT molecular complexity index is 1040. The molecule has 2 aromatic carbocycles. The highest BCUT2D eigenvalue weighted by Crippen LogP contribution is 2.37. The Labute approximate surface area is 174 Å². The summed E-state index contributed by atoms with van der Waals surface area (Å²) in [5.41, 5.74) is 2.83.